The molecule has 0 unspecified atom stereocenters. The van der Waals surface area contributed by atoms with Gasteiger partial charge >= 0.3 is 11.9 Å². The SMILES string of the molecule is CCCCc1c2c(c(CCCC)c3c1OC1(CCC(OC(=O)C(C)(C)C)CC1)O3)OC1(CCC(OC(=O)C(C)(C)C)CC1)O2. The first-order chi connectivity index (χ1) is 20.7. The quantitative estimate of drug-likeness (QED) is 0.270. The van der Waals surface area contributed by atoms with Crippen molar-refractivity contribution in [1.29, 1.82) is 0 Å². The molecule has 246 valence electrons. The summed E-state index contributed by atoms with van der Waals surface area (Å²) in [5.41, 5.74) is 1.02. The van der Waals surface area contributed by atoms with Gasteiger partial charge in [-0.3, -0.25) is 9.59 Å². The minimum absolute atomic E-state index is 0.128. The second-order valence-corrected chi connectivity index (χ2v) is 15.4. The lowest BCUT2D eigenvalue weighted by Crippen LogP contribution is -2.45. The number of carbonyl (C=O) groups is 2. The molecule has 0 N–H and O–H groups in total. The normalized spacial score (nSPS) is 20.7. The Kier molecular flexibility index (Phi) is 9.14. The highest BCUT2D eigenvalue weighted by atomic mass is 16.8. The molecule has 8 nitrogen and oxygen atoms in total. The summed E-state index contributed by atoms with van der Waals surface area (Å²) < 4.78 is 39.1. The molecule has 8 heteroatoms. The predicted molar refractivity (Wildman–Crippen MR) is 167 cm³/mol. The standard InChI is InChI=1S/C36H54O8/c1-9-11-13-25-27-29(43-35(41-27)19-15-23(16-20-35)39-31(37)33(3,4)5)26(14-12-10-2)30-28(25)42-36(44-30)21-17-24(18-22-36)40-32(38)34(6,7)8/h23-24H,9-22H2,1-8H3. The topological polar surface area (TPSA) is 89.5 Å². The van der Waals surface area contributed by atoms with Gasteiger partial charge in [0, 0.05) is 36.8 Å². The van der Waals surface area contributed by atoms with Crippen LogP contribution in [0.2, 0.25) is 0 Å². The van der Waals surface area contributed by atoms with Crippen molar-refractivity contribution in [2.24, 2.45) is 10.8 Å². The molecule has 2 spiro atoms. The molecule has 2 aliphatic carbocycles. The van der Waals surface area contributed by atoms with Crippen LogP contribution in [0.1, 0.15) is 144 Å². The van der Waals surface area contributed by atoms with Gasteiger partial charge in [-0.05, 0) is 92.9 Å². The van der Waals surface area contributed by atoms with Crippen molar-refractivity contribution in [3.63, 3.8) is 0 Å². The molecule has 2 saturated carbocycles. The summed E-state index contributed by atoms with van der Waals surface area (Å²) in [6.07, 6.45) is 10.8. The van der Waals surface area contributed by atoms with E-state index < -0.39 is 22.4 Å². The number of carbonyl (C=O) groups excluding carboxylic acids is 2. The van der Waals surface area contributed by atoms with Crippen molar-refractivity contribution >= 4 is 11.9 Å². The number of benzene rings is 1. The fourth-order valence-electron chi connectivity index (χ4n) is 6.50. The van der Waals surface area contributed by atoms with Crippen molar-refractivity contribution in [2.45, 2.75) is 169 Å². The largest absolute Gasteiger partial charge is 0.462 e. The Hall–Kier alpha value is -2.64. The zero-order valence-corrected chi connectivity index (χ0v) is 28.3. The smallest absolute Gasteiger partial charge is 0.311 e. The maximum Gasteiger partial charge on any atom is 0.311 e. The molecule has 0 saturated heterocycles. The Morgan fingerprint density at radius 3 is 1.16 bits per heavy atom. The van der Waals surface area contributed by atoms with Gasteiger partial charge in [0.25, 0.3) is 11.6 Å². The zero-order valence-electron chi connectivity index (χ0n) is 28.3. The Bertz CT molecular complexity index is 1080. The van der Waals surface area contributed by atoms with E-state index in [1.165, 1.54) is 0 Å². The second kappa shape index (κ2) is 12.3. The monoisotopic (exact) mass is 614 g/mol. The summed E-state index contributed by atoms with van der Waals surface area (Å²) in [7, 11) is 0. The van der Waals surface area contributed by atoms with Crippen molar-refractivity contribution in [2.75, 3.05) is 0 Å². The summed E-state index contributed by atoms with van der Waals surface area (Å²) in [5, 5.41) is 0. The summed E-state index contributed by atoms with van der Waals surface area (Å²) in [6.45, 7) is 15.7. The minimum atomic E-state index is -0.767. The van der Waals surface area contributed by atoms with E-state index in [2.05, 4.69) is 13.8 Å². The van der Waals surface area contributed by atoms with E-state index in [-0.39, 0.29) is 24.1 Å². The van der Waals surface area contributed by atoms with Crippen LogP contribution in [0.15, 0.2) is 0 Å². The van der Waals surface area contributed by atoms with Gasteiger partial charge in [-0.1, -0.05) is 26.7 Å². The van der Waals surface area contributed by atoms with Crippen LogP contribution in [0.4, 0.5) is 0 Å². The lowest BCUT2D eigenvalue weighted by atomic mass is 9.91. The van der Waals surface area contributed by atoms with Gasteiger partial charge in [0.05, 0.1) is 10.8 Å². The second-order valence-electron chi connectivity index (χ2n) is 15.4. The lowest BCUT2D eigenvalue weighted by molar-refractivity contribution is -0.170. The van der Waals surface area contributed by atoms with E-state index in [4.69, 9.17) is 28.4 Å². The first-order valence-corrected chi connectivity index (χ1v) is 17.1. The third-order valence-corrected chi connectivity index (χ3v) is 9.38. The molecule has 1 aromatic rings. The summed E-state index contributed by atoms with van der Waals surface area (Å²) in [4.78, 5) is 25.1. The fourth-order valence-corrected chi connectivity index (χ4v) is 6.50. The molecule has 0 amide bonds. The molecule has 5 rings (SSSR count). The maximum atomic E-state index is 12.5. The molecule has 2 heterocycles. The Balaban J connectivity index is 1.38. The fraction of sp³-hybridized carbons (Fsp3) is 0.778. The van der Waals surface area contributed by atoms with Gasteiger partial charge in [0.1, 0.15) is 12.2 Å². The average molecular weight is 615 g/mol. The molecule has 0 atom stereocenters. The predicted octanol–water partition coefficient (Wildman–Crippen LogP) is 8.37. The molecular formula is C36H54O8. The molecule has 0 aromatic heterocycles. The van der Waals surface area contributed by atoms with E-state index in [1.807, 2.05) is 41.5 Å². The van der Waals surface area contributed by atoms with Crippen LogP contribution in [0.3, 0.4) is 0 Å². The van der Waals surface area contributed by atoms with Gasteiger partial charge in [-0.25, -0.2) is 0 Å². The average Bonchev–Trinajstić information content (AvgIpc) is 3.51. The van der Waals surface area contributed by atoms with Gasteiger partial charge < -0.3 is 28.4 Å². The van der Waals surface area contributed by atoms with Crippen molar-refractivity contribution in [1.82, 2.24) is 0 Å². The number of esters is 2. The molecule has 0 radical (unpaired) electrons. The van der Waals surface area contributed by atoms with E-state index in [1.54, 1.807) is 0 Å². The third-order valence-electron chi connectivity index (χ3n) is 9.38. The number of hydrogen-bond donors (Lipinski definition) is 0. The van der Waals surface area contributed by atoms with Gasteiger partial charge in [0.2, 0.25) is 0 Å². The number of fused-ring (bicyclic) bond motifs is 2. The molecular weight excluding hydrogens is 560 g/mol. The van der Waals surface area contributed by atoms with Crippen LogP contribution < -0.4 is 18.9 Å². The van der Waals surface area contributed by atoms with Crippen LogP contribution in [0.25, 0.3) is 0 Å². The van der Waals surface area contributed by atoms with Crippen LogP contribution in [-0.4, -0.2) is 35.7 Å². The number of unbranched alkanes of at least 4 members (excludes halogenated alkanes) is 2. The number of hydrogen-bond acceptors (Lipinski definition) is 8. The number of rotatable bonds is 8. The Morgan fingerprint density at radius 2 is 0.909 bits per heavy atom. The summed E-state index contributed by atoms with van der Waals surface area (Å²) in [5.74, 6) is 1.36. The summed E-state index contributed by atoms with van der Waals surface area (Å²) in [6, 6.07) is 0. The minimum Gasteiger partial charge on any atom is -0.462 e. The zero-order chi connectivity index (χ0) is 31.9. The van der Waals surface area contributed by atoms with Gasteiger partial charge in [0.15, 0.2) is 23.0 Å². The van der Waals surface area contributed by atoms with E-state index >= 15 is 0 Å². The van der Waals surface area contributed by atoms with Crippen LogP contribution in [0, 0.1) is 10.8 Å². The Morgan fingerprint density at radius 1 is 0.614 bits per heavy atom. The first kappa shape index (κ1) is 32.7. The lowest BCUT2D eigenvalue weighted by Gasteiger charge is -2.36. The molecule has 2 aliphatic heterocycles. The highest BCUT2D eigenvalue weighted by molar-refractivity contribution is 5.76. The van der Waals surface area contributed by atoms with Crippen molar-refractivity contribution in [3.8, 4) is 23.0 Å². The van der Waals surface area contributed by atoms with Crippen LogP contribution >= 0.6 is 0 Å². The van der Waals surface area contributed by atoms with Crippen molar-refractivity contribution in [3.05, 3.63) is 11.1 Å². The summed E-state index contributed by atoms with van der Waals surface area (Å²) >= 11 is 0. The van der Waals surface area contributed by atoms with E-state index in [0.717, 1.165) is 72.6 Å². The first-order valence-electron chi connectivity index (χ1n) is 17.1. The van der Waals surface area contributed by atoms with Crippen molar-refractivity contribution < 1.29 is 38.0 Å². The molecule has 0 bridgehead atoms. The third kappa shape index (κ3) is 6.64. The van der Waals surface area contributed by atoms with Crippen LogP contribution in [0.5, 0.6) is 23.0 Å². The molecule has 2 fully saturated rings. The molecule has 1 aromatic carbocycles. The van der Waals surface area contributed by atoms with Gasteiger partial charge in [-0.2, -0.15) is 0 Å². The molecule has 4 aliphatic rings. The van der Waals surface area contributed by atoms with E-state index in [0.29, 0.717) is 51.4 Å². The maximum absolute atomic E-state index is 12.5. The van der Waals surface area contributed by atoms with Crippen LogP contribution in [-0.2, 0) is 31.9 Å². The van der Waals surface area contributed by atoms with E-state index in [9.17, 15) is 9.59 Å². The number of ether oxygens (including phenoxy) is 6. The molecule has 44 heavy (non-hydrogen) atoms. The highest BCUT2D eigenvalue weighted by Crippen LogP contribution is 2.60. The Labute approximate surface area is 263 Å². The highest BCUT2D eigenvalue weighted by Gasteiger charge is 2.53. The van der Waals surface area contributed by atoms with Gasteiger partial charge in [-0.15, -0.1) is 0 Å².